The van der Waals surface area contributed by atoms with E-state index in [1.807, 2.05) is 0 Å². The van der Waals surface area contributed by atoms with Gasteiger partial charge in [-0.15, -0.1) is 0 Å². The van der Waals surface area contributed by atoms with Gasteiger partial charge in [-0.3, -0.25) is 15.0 Å². The van der Waals surface area contributed by atoms with E-state index in [0.29, 0.717) is 5.56 Å². The molecule has 0 aromatic heterocycles. The van der Waals surface area contributed by atoms with Crippen molar-refractivity contribution in [3.8, 4) is 0 Å². The van der Waals surface area contributed by atoms with Crippen LogP contribution in [0.4, 0.5) is 20.2 Å². The van der Waals surface area contributed by atoms with E-state index < -0.39 is 11.3 Å². The Balaban J connectivity index is 2.79. The monoisotopic (exact) mass is 245 g/mol. The van der Waals surface area contributed by atoms with Crippen LogP contribution in [-0.4, -0.2) is 29.8 Å². The number of nitrogens with zero attached hydrogens (tertiary/aromatic N) is 2. The van der Waals surface area contributed by atoms with E-state index in [4.69, 9.17) is 5.73 Å². The fourth-order valence-electron chi connectivity index (χ4n) is 1.46. The molecule has 1 aromatic carbocycles. The van der Waals surface area contributed by atoms with Crippen molar-refractivity contribution in [3.05, 3.63) is 33.9 Å². The molecule has 0 atom stereocenters. The molecule has 5 nitrogen and oxygen atoms in total. The van der Waals surface area contributed by atoms with Gasteiger partial charge in [-0.2, -0.15) is 0 Å². The van der Waals surface area contributed by atoms with Gasteiger partial charge in [-0.25, -0.2) is 8.78 Å². The van der Waals surface area contributed by atoms with Crippen LogP contribution >= 0.6 is 0 Å². The molecule has 0 aliphatic rings. The lowest BCUT2D eigenvalue weighted by atomic mass is 10.1. The molecular formula is C10H13F2N3O2. The predicted molar refractivity (Wildman–Crippen MR) is 59.8 cm³/mol. The third-order valence-electron chi connectivity index (χ3n) is 2.19. The summed E-state index contributed by atoms with van der Waals surface area (Å²) in [4.78, 5) is 11.4. The van der Waals surface area contributed by atoms with Gasteiger partial charge >= 0.3 is 0 Å². The highest BCUT2D eigenvalue weighted by Gasteiger charge is 2.14. The quantitative estimate of drug-likeness (QED) is 0.488. The minimum Gasteiger partial charge on any atom is -0.393 e. The number of alkyl halides is 2. The first-order valence-corrected chi connectivity index (χ1v) is 4.89. The van der Waals surface area contributed by atoms with Crippen LogP contribution in [-0.2, 0) is 6.54 Å². The average molecular weight is 245 g/mol. The molecule has 2 N–H and O–H groups in total. The lowest BCUT2D eigenvalue weighted by Gasteiger charge is -2.15. The van der Waals surface area contributed by atoms with E-state index in [-0.39, 0.29) is 24.5 Å². The van der Waals surface area contributed by atoms with Gasteiger partial charge in [-0.05, 0) is 18.7 Å². The predicted octanol–water partition coefficient (Wildman–Crippen LogP) is 1.87. The normalized spacial score (nSPS) is 11.1. The summed E-state index contributed by atoms with van der Waals surface area (Å²) in [6.07, 6.45) is -2.43. The second kappa shape index (κ2) is 5.53. The Kier molecular flexibility index (Phi) is 4.33. The molecule has 17 heavy (non-hydrogen) atoms. The molecule has 0 aliphatic heterocycles. The standard InChI is InChI=1S/C10H13F2N3O2/c1-14(6-10(11)12)5-7-2-3-8(13)9(4-7)15(16)17/h2-4,10H,5-6,13H2,1H3. The Morgan fingerprint density at radius 1 is 1.53 bits per heavy atom. The first kappa shape index (κ1) is 13.3. The number of hydrogen-bond donors (Lipinski definition) is 1. The minimum atomic E-state index is -2.43. The van der Waals surface area contributed by atoms with Gasteiger partial charge in [0.1, 0.15) is 5.69 Å². The third-order valence-corrected chi connectivity index (χ3v) is 2.19. The SMILES string of the molecule is CN(Cc1ccc(N)c([N+](=O)[O-])c1)CC(F)F. The summed E-state index contributed by atoms with van der Waals surface area (Å²) in [6, 6.07) is 4.30. The van der Waals surface area contributed by atoms with Gasteiger partial charge in [0.15, 0.2) is 0 Å². The molecule has 0 heterocycles. The Labute approximate surface area is 97.0 Å². The van der Waals surface area contributed by atoms with Gasteiger partial charge in [0, 0.05) is 12.6 Å². The summed E-state index contributed by atoms with van der Waals surface area (Å²) in [7, 11) is 1.52. The molecule has 1 aromatic rings. The zero-order valence-corrected chi connectivity index (χ0v) is 9.27. The number of nitrogen functional groups attached to an aromatic ring is 1. The molecule has 0 bridgehead atoms. The van der Waals surface area contributed by atoms with Crippen LogP contribution in [0.5, 0.6) is 0 Å². The van der Waals surface area contributed by atoms with Crippen molar-refractivity contribution < 1.29 is 13.7 Å². The van der Waals surface area contributed by atoms with Gasteiger partial charge in [0.25, 0.3) is 12.1 Å². The fourth-order valence-corrected chi connectivity index (χ4v) is 1.46. The summed E-state index contributed by atoms with van der Waals surface area (Å²) >= 11 is 0. The lowest BCUT2D eigenvalue weighted by molar-refractivity contribution is -0.384. The summed E-state index contributed by atoms with van der Waals surface area (Å²) in [5.74, 6) is 0. The second-order valence-electron chi connectivity index (χ2n) is 3.74. The van der Waals surface area contributed by atoms with Crippen molar-refractivity contribution in [1.29, 1.82) is 0 Å². The van der Waals surface area contributed by atoms with E-state index in [2.05, 4.69) is 0 Å². The van der Waals surface area contributed by atoms with E-state index in [1.165, 1.54) is 24.1 Å². The maximum atomic E-state index is 12.1. The van der Waals surface area contributed by atoms with Gasteiger partial charge in [-0.1, -0.05) is 6.07 Å². The molecule has 0 saturated heterocycles. The zero-order chi connectivity index (χ0) is 13.0. The van der Waals surface area contributed by atoms with Gasteiger partial charge in [0.05, 0.1) is 11.5 Å². The molecule has 0 aliphatic carbocycles. The maximum Gasteiger partial charge on any atom is 0.292 e. The molecule has 1 rings (SSSR count). The van der Waals surface area contributed by atoms with E-state index in [9.17, 15) is 18.9 Å². The molecule has 7 heteroatoms. The Morgan fingerprint density at radius 2 is 2.18 bits per heavy atom. The molecular weight excluding hydrogens is 232 g/mol. The average Bonchev–Trinajstić information content (AvgIpc) is 2.19. The van der Waals surface area contributed by atoms with Crippen molar-refractivity contribution in [2.45, 2.75) is 13.0 Å². The maximum absolute atomic E-state index is 12.1. The number of nitrogens with two attached hydrogens (primary N) is 1. The molecule has 94 valence electrons. The van der Waals surface area contributed by atoms with E-state index in [1.54, 1.807) is 6.07 Å². The summed E-state index contributed by atoms with van der Waals surface area (Å²) in [5, 5.41) is 10.6. The van der Waals surface area contributed by atoms with E-state index in [0.717, 1.165) is 0 Å². The largest absolute Gasteiger partial charge is 0.393 e. The van der Waals surface area contributed by atoms with Gasteiger partial charge < -0.3 is 5.73 Å². The first-order chi connectivity index (χ1) is 7.90. The Hall–Kier alpha value is -1.76. The highest BCUT2D eigenvalue weighted by atomic mass is 19.3. The van der Waals surface area contributed by atoms with Crippen molar-refractivity contribution >= 4 is 11.4 Å². The molecule has 0 saturated carbocycles. The smallest absolute Gasteiger partial charge is 0.292 e. The summed E-state index contributed by atoms with van der Waals surface area (Å²) < 4.78 is 24.2. The van der Waals surface area contributed by atoms with Crippen molar-refractivity contribution in [3.63, 3.8) is 0 Å². The minimum absolute atomic E-state index is 0.0651. The number of nitro benzene ring substituents is 1. The first-order valence-electron chi connectivity index (χ1n) is 4.89. The van der Waals surface area contributed by atoms with Crippen LogP contribution in [0.25, 0.3) is 0 Å². The molecule has 0 fully saturated rings. The molecule has 0 unspecified atom stereocenters. The molecule has 0 amide bonds. The highest BCUT2D eigenvalue weighted by molar-refractivity contribution is 5.59. The number of halogens is 2. The topological polar surface area (TPSA) is 72.4 Å². The van der Waals surface area contributed by atoms with E-state index >= 15 is 0 Å². The number of benzene rings is 1. The van der Waals surface area contributed by atoms with Crippen molar-refractivity contribution in [1.82, 2.24) is 4.90 Å². The number of anilines is 1. The number of rotatable bonds is 5. The molecule has 0 spiro atoms. The van der Waals surface area contributed by atoms with Crippen LogP contribution in [0.2, 0.25) is 0 Å². The Bertz CT molecular complexity index is 413. The van der Waals surface area contributed by atoms with Crippen molar-refractivity contribution in [2.75, 3.05) is 19.3 Å². The molecule has 0 radical (unpaired) electrons. The Morgan fingerprint density at radius 3 is 2.71 bits per heavy atom. The van der Waals surface area contributed by atoms with Crippen LogP contribution in [0.15, 0.2) is 18.2 Å². The highest BCUT2D eigenvalue weighted by Crippen LogP contribution is 2.22. The van der Waals surface area contributed by atoms with Crippen LogP contribution in [0, 0.1) is 10.1 Å². The van der Waals surface area contributed by atoms with Crippen LogP contribution < -0.4 is 5.73 Å². The van der Waals surface area contributed by atoms with Crippen molar-refractivity contribution in [2.24, 2.45) is 0 Å². The fraction of sp³-hybridized carbons (Fsp3) is 0.400. The summed E-state index contributed by atoms with van der Waals surface area (Å²) in [6.45, 7) is -0.163. The van der Waals surface area contributed by atoms with Gasteiger partial charge in [0.2, 0.25) is 0 Å². The third kappa shape index (κ3) is 3.95. The number of nitro groups is 1. The lowest BCUT2D eigenvalue weighted by Crippen LogP contribution is -2.24. The zero-order valence-electron chi connectivity index (χ0n) is 9.27. The number of hydrogen-bond acceptors (Lipinski definition) is 4. The summed E-state index contributed by atoms with van der Waals surface area (Å²) in [5.41, 5.74) is 5.87. The van der Waals surface area contributed by atoms with Crippen LogP contribution in [0.1, 0.15) is 5.56 Å². The van der Waals surface area contributed by atoms with Crippen LogP contribution in [0.3, 0.4) is 0 Å². The second-order valence-corrected chi connectivity index (χ2v) is 3.74.